The van der Waals surface area contributed by atoms with Crippen molar-refractivity contribution >= 4 is 44.4 Å². The Morgan fingerprint density at radius 1 is 0.302 bits per heavy atom. The van der Waals surface area contributed by atoms with Crippen LogP contribution in [0.15, 0.2) is 146 Å². The van der Waals surface area contributed by atoms with Gasteiger partial charge in [-0.15, -0.1) is 22.1 Å². The van der Waals surface area contributed by atoms with Crippen LogP contribution in [0.2, 0.25) is 0 Å². The standard InChI is InChI=1S/C48H36N4.Cu/c1-29-30(2)46-42(34-19-11-6-12-20-34)38-27-28-40(50-38)44(36-23-15-8-16-24-36)48-32(4)31(3)47(52-48)43(35-21-13-7-14-22-35)39-26-25-37(49-39)41(45(29)51-46)33-17-9-5-10-18-33;/h5-28H,1-4H3;/q-2;+2. The molecule has 0 aliphatic carbocycles. The van der Waals surface area contributed by atoms with Crippen molar-refractivity contribution < 1.29 is 17.1 Å². The zero-order valence-electron chi connectivity index (χ0n) is 29.9. The molecule has 2 aliphatic rings. The molecule has 4 nitrogen and oxygen atoms in total. The zero-order chi connectivity index (χ0) is 35.3. The maximum atomic E-state index is 5.54. The fourth-order valence-electron chi connectivity index (χ4n) is 7.57. The van der Waals surface area contributed by atoms with Crippen LogP contribution in [0.25, 0.3) is 88.9 Å². The predicted molar refractivity (Wildman–Crippen MR) is 217 cm³/mol. The fraction of sp³-hybridized carbons (Fsp3) is 0.0833. The molecule has 1 radical (unpaired) electrons. The molecule has 0 atom stereocenters. The normalized spacial score (nSPS) is 12.6. The molecule has 0 N–H and O–H groups in total. The van der Waals surface area contributed by atoms with Gasteiger partial charge in [-0.25, -0.2) is 9.97 Å². The topological polar surface area (TPSA) is 54.0 Å². The van der Waals surface area contributed by atoms with Crippen LogP contribution in [0.4, 0.5) is 0 Å². The summed E-state index contributed by atoms with van der Waals surface area (Å²) in [6.07, 6.45) is 0. The number of fused-ring (bicyclic) bond motifs is 8. The number of hydrogen-bond acceptors (Lipinski definition) is 2. The van der Waals surface area contributed by atoms with Crippen LogP contribution in [-0.4, -0.2) is 9.97 Å². The van der Waals surface area contributed by atoms with E-state index in [0.717, 1.165) is 112 Å². The monoisotopic (exact) mass is 731 g/mol. The van der Waals surface area contributed by atoms with Crippen LogP contribution in [0.1, 0.15) is 50.5 Å². The first-order valence-corrected chi connectivity index (χ1v) is 17.8. The fourth-order valence-corrected chi connectivity index (χ4v) is 7.57. The molecule has 4 aromatic carbocycles. The minimum absolute atomic E-state index is 0. The van der Waals surface area contributed by atoms with E-state index in [0.29, 0.717) is 0 Å². The average Bonchev–Trinajstić information content (AvgIpc) is 3.98. The Hall–Kier alpha value is -6.00. The summed E-state index contributed by atoms with van der Waals surface area (Å²) in [4.78, 5) is 22.0. The van der Waals surface area contributed by atoms with Crippen molar-refractivity contribution in [3.05, 3.63) is 168 Å². The molecular weight excluding hydrogens is 696 g/mol. The number of nitrogens with zero attached hydrogens (tertiary/aromatic N) is 4. The van der Waals surface area contributed by atoms with Gasteiger partial charge in [-0.3, -0.25) is 0 Å². The number of benzene rings is 4. The maximum absolute atomic E-state index is 5.54. The summed E-state index contributed by atoms with van der Waals surface area (Å²) < 4.78 is 0. The van der Waals surface area contributed by atoms with Gasteiger partial charge in [-0.05, 0) is 94.5 Å². The smallest absolute Gasteiger partial charge is 0.657 e. The quantitative estimate of drug-likeness (QED) is 0.169. The summed E-state index contributed by atoms with van der Waals surface area (Å²) in [5.74, 6) is 0. The van der Waals surface area contributed by atoms with Gasteiger partial charge in [0.15, 0.2) is 0 Å². The first kappa shape index (κ1) is 34.1. The van der Waals surface area contributed by atoms with Gasteiger partial charge in [-0.1, -0.05) is 146 Å². The molecule has 5 heteroatoms. The Morgan fingerprint density at radius 3 is 0.717 bits per heavy atom. The summed E-state index contributed by atoms with van der Waals surface area (Å²) in [6, 6.07) is 50.6. The second kappa shape index (κ2) is 13.9. The van der Waals surface area contributed by atoms with E-state index in [2.05, 4.69) is 173 Å². The SMILES string of the molecule is CC1=C(C)c2nc1c(-c1ccccc1)c1ccc([n-]1)c(-c1ccccc1)c1nc(c(-c3ccccc3)c3ccc([n-]3)c2-c2ccccc2)C(C)=C1C.[Cu+2]. The van der Waals surface area contributed by atoms with E-state index in [9.17, 15) is 0 Å². The van der Waals surface area contributed by atoms with Gasteiger partial charge >= 0.3 is 17.1 Å². The van der Waals surface area contributed by atoms with E-state index in [1.54, 1.807) is 0 Å². The first-order valence-electron chi connectivity index (χ1n) is 17.8. The van der Waals surface area contributed by atoms with Crippen molar-refractivity contribution in [3.8, 4) is 44.5 Å². The number of hydrogen-bond donors (Lipinski definition) is 0. The molecule has 3 aromatic heterocycles. The van der Waals surface area contributed by atoms with E-state index < -0.39 is 0 Å². The molecule has 0 unspecified atom stereocenters. The van der Waals surface area contributed by atoms with Crippen LogP contribution < -0.4 is 9.97 Å². The summed E-state index contributed by atoms with van der Waals surface area (Å²) in [7, 11) is 0. The second-order valence-electron chi connectivity index (χ2n) is 13.5. The molecule has 259 valence electrons. The summed E-state index contributed by atoms with van der Waals surface area (Å²) >= 11 is 0. The Balaban J connectivity index is 0.00000400. The van der Waals surface area contributed by atoms with E-state index >= 15 is 0 Å². The molecule has 5 heterocycles. The van der Waals surface area contributed by atoms with Crippen LogP contribution in [0.3, 0.4) is 0 Å². The van der Waals surface area contributed by atoms with Crippen LogP contribution >= 0.6 is 0 Å². The van der Waals surface area contributed by atoms with Crippen molar-refractivity contribution in [3.63, 3.8) is 0 Å². The van der Waals surface area contributed by atoms with Crippen LogP contribution in [0.5, 0.6) is 0 Å². The van der Waals surface area contributed by atoms with E-state index in [1.807, 2.05) is 0 Å². The Labute approximate surface area is 320 Å². The van der Waals surface area contributed by atoms with Gasteiger partial charge < -0.3 is 9.97 Å². The van der Waals surface area contributed by atoms with Crippen molar-refractivity contribution in [1.82, 2.24) is 19.9 Å². The largest absolute Gasteiger partial charge is 2.00 e. The van der Waals surface area contributed by atoms with E-state index in [4.69, 9.17) is 19.9 Å². The number of rotatable bonds is 4. The molecule has 9 rings (SSSR count). The molecule has 8 bridgehead atoms. The minimum atomic E-state index is 0. The molecule has 7 aromatic rings. The van der Waals surface area contributed by atoms with Crippen LogP contribution in [0, 0.1) is 0 Å². The summed E-state index contributed by atoms with van der Waals surface area (Å²) in [5.41, 5.74) is 20.0. The summed E-state index contributed by atoms with van der Waals surface area (Å²) in [5, 5.41) is 0. The molecular formula is C48H36CuN4. The average molecular weight is 732 g/mol. The second-order valence-corrected chi connectivity index (χ2v) is 13.5. The van der Waals surface area contributed by atoms with Gasteiger partial charge in [0, 0.05) is 0 Å². The van der Waals surface area contributed by atoms with E-state index in [-0.39, 0.29) is 17.1 Å². The Morgan fingerprint density at radius 2 is 0.509 bits per heavy atom. The van der Waals surface area contributed by atoms with Gasteiger partial charge in [0.25, 0.3) is 0 Å². The van der Waals surface area contributed by atoms with Gasteiger partial charge in [0.05, 0.1) is 22.8 Å². The Kier molecular flexibility index (Phi) is 8.91. The third-order valence-electron chi connectivity index (χ3n) is 10.5. The first-order chi connectivity index (χ1) is 25.5. The molecule has 0 saturated carbocycles. The van der Waals surface area contributed by atoms with Gasteiger partial charge in [-0.2, -0.15) is 0 Å². The molecule has 2 aliphatic heterocycles. The zero-order valence-corrected chi connectivity index (χ0v) is 30.9. The van der Waals surface area contributed by atoms with Crippen molar-refractivity contribution in [1.29, 1.82) is 0 Å². The van der Waals surface area contributed by atoms with Gasteiger partial charge in [0.2, 0.25) is 0 Å². The number of aromatic nitrogens is 4. The predicted octanol–water partition coefficient (Wildman–Crippen LogP) is 12.1. The van der Waals surface area contributed by atoms with Crippen molar-refractivity contribution in [2.75, 3.05) is 0 Å². The molecule has 0 spiro atoms. The van der Waals surface area contributed by atoms with Crippen LogP contribution in [-0.2, 0) is 17.1 Å². The molecule has 0 fully saturated rings. The molecule has 0 amide bonds. The molecule has 0 saturated heterocycles. The maximum Gasteiger partial charge on any atom is 2.00 e. The Bertz CT molecular complexity index is 2370. The third-order valence-corrected chi connectivity index (χ3v) is 10.5. The minimum Gasteiger partial charge on any atom is -0.657 e. The number of allylic oxidation sites excluding steroid dienone is 4. The van der Waals surface area contributed by atoms with Crippen molar-refractivity contribution in [2.24, 2.45) is 0 Å². The third kappa shape index (κ3) is 5.79. The molecule has 53 heavy (non-hydrogen) atoms. The summed E-state index contributed by atoms with van der Waals surface area (Å²) in [6.45, 7) is 8.72. The van der Waals surface area contributed by atoms with Crippen molar-refractivity contribution in [2.45, 2.75) is 27.7 Å². The van der Waals surface area contributed by atoms with E-state index in [1.165, 1.54) is 0 Å². The van der Waals surface area contributed by atoms with Gasteiger partial charge in [0.1, 0.15) is 0 Å².